The monoisotopic (exact) mass is 437 g/mol. The molecule has 0 radical (unpaired) electrons. The van der Waals surface area contributed by atoms with Crippen molar-refractivity contribution in [1.29, 1.82) is 0 Å². The van der Waals surface area contributed by atoms with Crippen molar-refractivity contribution in [1.82, 2.24) is 14.7 Å². The van der Waals surface area contributed by atoms with Crippen LogP contribution in [0.4, 0.5) is 0 Å². The van der Waals surface area contributed by atoms with Gasteiger partial charge >= 0.3 is 0 Å². The van der Waals surface area contributed by atoms with Crippen LogP contribution in [0.15, 0.2) is 18.2 Å². The van der Waals surface area contributed by atoms with Crippen molar-refractivity contribution in [3.63, 3.8) is 0 Å². The number of rotatable bonds is 6. The second kappa shape index (κ2) is 10.0. The Bertz CT molecular complexity index is 760. The Morgan fingerprint density at radius 2 is 1.93 bits per heavy atom. The van der Waals surface area contributed by atoms with Crippen LogP contribution in [-0.2, 0) is 9.59 Å². The minimum atomic E-state index is -0.992. The Kier molecular flexibility index (Phi) is 8.19. The van der Waals surface area contributed by atoms with E-state index in [0.717, 1.165) is 29.9 Å². The number of amides is 1. The van der Waals surface area contributed by atoms with Gasteiger partial charge in [-0.2, -0.15) is 0 Å². The van der Waals surface area contributed by atoms with Crippen LogP contribution in [0.25, 0.3) is 0 Å². The number of aldehydes is 1. The SMILES string of the molecule is CC.CC(C=O)N(C)C(=O)C1(S)CC(CN(C)C)C(c2ccc3c(c2)OCO3)N1C. The number of hydrogen-bond acceptors (Lipinski definition) is 7. The first-order valence-electron chi connectivity index (χ1n) is 10.4. The van der Waals surface area contributed by atoms with Gasteiger partial charge < -0.3 is 24.1 Å². The van der Waals surface area contributed by atoms with Gasteiger partial charge in [-0.25, -0.2) is 0 Å². The third kappa shape index (κ3) is 4.60. The molecular weight excluding hydrogens is 402 g/mol. The largest absolute Gasteiger partial charge is 0.454 e. The molecule has 1 amide bonds. The van der Waals surface area contributed by atoms with Crippen LogP contribution in [0.2, 0.25) is 0 Å². The van der Waals surface area contributed by atoms with Gasteiger partial charge in [0, 0.05) is 19.6 Å². The fourth-order valence-corrected chi connectivity index (χ4v) is 4.71. The first-order chi connectivity index (χ1) is 14.2. The van der Waals surface area contributed by atoms with Gasteiger partial charge in [0.1, 0.15) is 11.2 Å². The molecule has 8 heteroatoms. The summed E-state index contributed by atoms with van der Waals surface area (Å²) in [5, 5.41) is 0. The second-order valence-corrected chi connectivity index (χ2v) is 8.74. The van der Waals surface area contributed by atoms with E-state index in [1.54, 1.807) is 14.0 Å². The van der Waals surface area contributed by atoms with Gasteiger partial charge in [-0.15, -0.1) is 12.6 Å². The highest BCUT2D eigenvalue weighted by Gasteiger charge is 2.54. The van der Waals surface area contributed by atoms with Crippen LogP contribution in [0.1, 0.15) is 38.8 Å². The molecule has 30 heavy (non-hydrogen) atoms. The summed E-state index contributed by atoms with van der Waals surface area (Å²) >= 11 is 4.86. The summed E-state index contributed by atoms with van der Waals surface area (Å²) in [6.07, 6.45) is 1.36. The fraction of sp³-hybridized carbons (Fsp3) is 0.636. The van der Waals surface area contributed by atoms with Crippen LogP contribution in [0, 0.1) is 5.92 Å². The highest BCUT2D eigenvalue weighted by Crippen LogP contribution is 2.50. The summed E-state index contributed by atoms with van der Waals surface area (Å²) < 4.78 is 11.0. The number of fused-ring (bicyclic) bond motifs is 1. The molecule has 0 N–H and O–H groups in total. The van der Waals surface area contributed by atoms with Crippen molar-refractivity contribution in [2.24, 2.45) is 5.92 Å². The highest BCUT2D eigenvalue weighted by molar-refractivity contribution is 7.82. The highest BCUT2D eigenvalue weighted by atomic mass is 32.1. The third-order valence-electron chi connectivity index (χ3n) is 5.80. The topological polar surface area (TPSA) is 62.3 Å². The number of likely N-dealkylation sites (N-methyl/N-ethyl adjacent to an activating group) is 2. The predicted octanol–water partition coefficient (Wildman–Crippen LogP) is 2.67. The van der Waals surface area contributed by atoms with Crippen molar-refractivity contribution < 1.29 is 19.1 Å². The van der Waals surface area contributed by atoms with E-state index in [0.29, 0.717) is 6.42 Å². The van der Waals surface area contributed by atoms with E-state index < -0.39 is 10.9 Å². The Morgan fingerprint density at radius 1 is 1.30 bits per heavy atom. The molecule has 7 nitrogen and oxygen atoms in total. The van der Waals surface area contributed by atoms with E-state index in [9.17, 15) is 9.59 Å². The molecule has 168 valence electrons. The molecule has 1 fully saturated rings. The molecule has 1 saturated heterocycles. The summed E-state index contributed by atoms with van der Waals surface area (Å²) in [6, 6.07) is 5.42. The van der Waals surface area contributed by atoms with Gasteiger partial charge in [-0.05, 0) is 58.1 Å². The number of carbonyl (C=O) groups is 2. The number of thiol groups is 1. The summed E-state index contributed by atoms with van der Waals surface area (Å²) in [5.74, 6) is 1.48. The zero-order valence-corrected chi connectivity index (χ0v) is 20.0. The zero-order valence-electron chi connectivity index (χ0n) is 19.1. The molecule has 1 aromatic carbocycles. The van der Waals surface area contributed by atoms with E-state index >= 15 is 0 Å². The summed E-state index contributed by atoms with van der Waals surface area (Å²) in [4.78, 5) is 29.1. The van der Waals surface area contributed by atoms with Crippen molar-refractivity contribution >= 4 is 24.8 Å². The Hall–Kier alpha value is -1.77. The van der Waals surface area contributed by atoms with Crippen molar-refractivity contribution in [3.8, 4) is 11.5 Å². The molecule has 2 aliphatic rings. The molecule has 0 aromatic heterocycles. The van der Waals surface area contributed by atoms with E-state index in [2.05, 4.69) is 4.90 Å². The average Bonchev–Trinajstić information content (AvgIpc) is 3.29. The molecule has 2 aliphatic heterocycles. The molecule has 0 aliphatic carbocycles. The lowest BCUT2D eigenvalue weighted by Gasteiger charge is -2.37. The van der Waals surface area contributed by atoms with Crippen LogP contribution >= 0.6 is 12.6 Å². The fourth-order valence-electron chi connectivity index (χ4n) is 4.19. The quantitative estimate of drug-likeness (QED) is 0.545. The molecule has 2 heterocycles. The molecule has 1 aromatic rings. The Balaban J connectivity index is 0.00000155. The number of carbonyl (C=O) groups excluding carboxylic acids is 2. The first-order valence-corrected chi connectivity index (χ1v) is 10.9. The van der Waals surface area contributed by atoms with Gasteiger partial charge in [0.15, 0.2) is 11.5 Å². The van der Waals surface area contributed by atoms with E-state index in [1.165, 1.54) is 4.90 Å². The summed E-state index contributed by atoms with van der Waals surface area (Å²) in [5.41, 5.74) is 1.06. The third-order valence-corrected chi connectivity index (χ3v) is 6.49. The molecule has 0 saturated carbocycles. The Morgan fingerprint density at radius 3 is 2.53 bits per heavy atom. The van der Waals surface area contributed by atoms with Crippen molar-refractivity contribution in [2.45, 2.75) is 44.1 Å². The lowest BCUT2D eigenvalue weighted by Crippen LogP contribution is -2.53. The van der Waals surface area contributed by atoms with E-state index in [4.69, 9.17) is 22.1 Å². The summed E-state index contributed by atoms with van der Waals surface area (Å²) in [6.45, 7) is 6.75. The van der Waals surface area contributed by atoms with Gasteiger partial charge in [0.2, 0.25) is 6.79 Å². The van der Waals surface area contributed by atoms with Crippen LogP contribution < -0.4 is 9.47 Å². The lowest BCUT2D eigenvalue weighted by molar-refractivity contribution is -0.140. The summed E-state index contributed by atoms with van der Waals surface area (Å²) in [7, 11) is 7.63. The van der Waals surface area contributed by atoms with Crippen molar-refractivity contribution in [2.75, 3.05) is 41.5 Å². The average molecular weight is 438 g/mol. The van der Waals surface area contributed by atoms with Gasteiger partial charge in [0.05, 0.1) is 6.04 Å². The van der Waals surface area contributed by atoms with Crippen molar-refractivity contribution in [3.05, 3.63) is 23.8 Å². The maximum absolute atomic E-state index is 13.3. The number of ether oxygens (including phenoxy) is 2. The maximum atomic E-state index is 13.3. The molecule has 0 spiro atoms. The van der Waals surface area contributed by atoms with Gasteiger partial charge in [-0.1, -0.05) is 19.9 Å². The van der Waals surface area contributed by atoms with Crippen LogP contribution in [0.5, 0.6) is 11.5 Å². The molecule has 4 unspecified atom stereocenters. The molecular formula is C22H35N3O4S. The normalized spacial score (nSPS) is 26.2. The minimum absolute atomic E-state index is 0.0155. The standard InChI is InChI=1S/C20H29N3O4S.C2H6/c1-13(11-24)22(4)19(25)20(28)9-15(10-21(2)3)18(23(20)5)14-6-7-16-17(8-14)27-12-26-16;1-2/h6-8,11,13,15,18,28H,9-10,12H2,1-5H3;1-2H3. The smallest absolute Gasteiger partial charge is 0.253 e. The maximum Gasteiger partial charge on any atom is 0.253 e. The second-order valence-electron chi connectivity index (χ2n) is 8.00. The number of likely N-dealkylation sites (tertiary alicyclic amines) is 1. The number of nitrogens with zero attached hydrogens (tertiary/aromatic N) is 3. The molecule has 3 rings (SSSR count). The van der Waals surface area contributed by atoms with Gasteiger partial charge in [-0.3, -0.25) is 9.69 Å². The number of benzene rings is 1. The lowest BCUT2D eigenvalue weighted by atomic mass is 9.92. The van der Waals surface area contributed by atoms with Gasteiger partial charge in [0.25, 0.3) is 5.91 Å². The minimum Gasteiger partial charge on any atom is -0.454 e. The predicted molar refractivity (Wildman–Crippen MR) is 121 cm³/mol. The van der Waals surface area contributed by atoms with Crippen LogP contribution in [0.3, 0.4) is 0 Å². The zero-order chi connectivity index (χ0) is 22.6. The first kappa shape index (κ1) is 24.5. The Labute approximate surface area is 185 Å². The van der Waals surface area contributed by atoms with Crippen LogP contribution in [-0.4, -0.2) is 79.3 Å². The number of hydrogen-bond donors (Lipinski definition) is 1. The van der Waals surface area contributed by atoms with E-state index in [1.807, 2.05) is 58.1 Å². The van der Waals surface area contributed by atoms with E-state index in [-0.39, 0.29) is 24.7 Å². The molecule has 0 bridgehead atoms. The molecule has 4 atom stereocenters.